The molecule has 1 aromatic carbocycles. The average molecular weight is 290 g/mol. The molecule has 1 aliphatic rings. The molecular formula is C18H30N2O. The van der Waals surface area contributed by atoms with Crippen LogP contribution in [-0.4, -0.2) is 36.7 Å². The monoisotopic (exact) mass is 290 g/mol. The lowest BCUT2D eigenvalue weighted by atomic mass is 9.90. The molecule has 118 valence electrons. The molecule has 0 spiro atoms. The molecule has 0 aromatic heterocycles. The summed E-state index contributed by atoms with van der Waals surface area (Å²) >= 11 is 0. The van der Waals surface area contributed by atoms with Gasteiger partial charge < -0.3 is 10.1 Å². The van der Waals surface area contributed by atoms with E-state index in [0.717, 1.165) is 18.8 Å². The van der Waals surface area contributed by atoms with E-state index in [4.69, 9.17) is 4.74 Å². The van der Waals surface area contributed by atoms with E-state index in [9.17, 15) is 0 Å². The lowest BCUT2D eigenvalue weighted by Crippen LogP contribution is -2.63. The predicted octanol–water partition coefficient (Wildman–Crippen LogP) is 3.46. The molecule has 1 fully saturated rings. The van der Waals surface area contributed by atoms with Crippen LogP contribution in [0.3, 0.4) is 0 Å². The third kappa shape index (κ3) is 3.78. The second-order valence-corrected chi connectivity index (χ2v) is 7.20. The molecule has 3 nitrogen and oxygen atoms in total. The Balaban J connectivity index is 2.21. The Morgan fingerprint density at radius 2 is 1.81 bits per heavy atom. The molecular weight excluding hydrogens is 260 g/mol. The van der Waals surface area contributed by atoms with Gasteiger partial charge in [-0.15, -0.1) is 0 Å². The molecule has 0 amide bonds. The summed E-state index contributed by atoms with van der Waals surface area (Å²) in [4.78, 5) is 2.66. The predicted molar refractivity (Wildman–Crippen MR) is 88.8 cm³/mol. The first-order valence-corrected chi connectivity index (χ1v) is 7.99. The fourth-order valence-electron chi connectivity index (χ4n) is 3.24. The average Bonchev–Trinajstić information content (AvgIpc) is 2.45. The summed E-state index contributed by atoms with van der Waals surface area (Å²) in [5.41, 5.74) is 1.53. The summed E-state index contributed by atoms with van der Waals surface area (Å²) in [6.07, 6.45) is 0. The van der Waals surface area contributed by atoms with Gasteiger partial charge in [-0.3, -0.25) is 4.90 Å². The van der Waals surface area contributed by atoms with Crippen molar-refractivity contribution in [2.24, 2.45) is 5.92 Å². The van der Waals surface area contributed by atoms with E-state index in [1.54, 1.807) is 7.11 Å². The minimum Gasteiger partial charge on any atom is -0.497 e. The van der Waals surface area contributed by atoms with E-state index >= 15 is 0 Å². The molecule has 1 aliphatic heterocycles. The number of nitrogens with one attached hydrogen (secondary N) is 1. The SMILES string of the molecule is COc1ccc(C(C)N2CC(C)(C)NCC2C(C)C)cc1. The highest BCUT2D eigenvalue weighted by atomic mass is 16.5. The van der Waals surface area contributed by atoms with Gasteiger partial charge in [-0.1, -0.05) is 26.0 Å². The Morgan fingerprint density at radius 1 is 1.19 bits per heavy atom. The maximum absolute atomic E-state index is 5.26. The van der Waals surface area contributed by atoms with E-state index in [1.807, 2.05) is 0 Å². The van der Waals surface area contributed by atoms with Gasteiger partial charge in [0, 0.05) is 30.7 Å². The molecule has 21 heavy (non-hydrogen) atoms. The van der Waals surface area contributed by atoms with E-state index in [1.165, 1.54) is 5.56 Å². The van der Waals surface area contributed by atoms with Gasteiger partial charge >= 0.3 is 0 Å². The number of nitrogens with zero attached hydrogens (tertiary/aromatic N) is 1. The first-order chi connectivity index (χ1) is 9.84. The van der Waals surface area contributed by atoms with Gasteiger partial charge in [0.2, 0.25) is 0 Å². The van der Waals surface area contributed by atoms with Crippen molar-refractivity contribution in [3.8, 4) is 5.75 Å². The Morgan fingerprint density at radius 3 is 2.33 bits per heavy atom. The zero-order valence-corrected chi connectivity index (χ0v) is 14.3. The number of methoxy groups -OCH3 is 1. The summed E-state index contributed by atoms with van der Waals surface area (Å²) in [6, 6.07) is 9.50. The first kappa shape index (κ1) is 16.3. The van der Waals surface area contributed by atoms with Crippen molar-refractivity contribution >= 4 is 0 Å². The highest BCUT2D eigenvalue weighted by Gasteiger charge is 2.36. The highest BCUT2D eigenvalue weighted by Crippen LogP contribution is 2.30. The maximum atomic E-state index is 5.26. The number of piperazine rings is 1. The Hall–Kier alpha value is -1.06. The third-order valence-electron chi connectivity index (χ3n) is 4.66. The molecule has 0 radical (unpaired) electrons. The van der Waals surface area contributed by atoms with E-state index in [-0.39, 0.29) is 5.54 Å². The van der Waals surface area contributed by atoms with Crippen molar-refractivity contribution in [3.63, 3.8) is 0 Å². The topological polar surface area (TPSA) is 24.5 Å². The third-order valence-corrected chi connectivity index (χ3v) is 4.66. The van der Waals surface area contributed by atoms with Gasteiger partial charge in [0.25, 0.3) is 0 Å². The van der Waals surface area contributed by atoms with Crippen LogP contribution in [0.25, 0.3) is 0 Å². The van der Waals surface area contributed by atoms with E-state index < -0.39 is 0 Å². The van der Waals surface area contributed by atoms with Crippen LogP contribution in [0.2, 0.25) is 0 Å². The molecule has 1 N–H and O–H groups in total. The van der Waals surface area contributed by atoms with Gasteiger partial charge in [0.05, 0.1) is 7.11 Å². The van der Waals surface area contributed by atoms with Crippen molar-refractivity contribution in [3.05, 3.63) is 29.8 Å². The van der Waals surface area contributed by atoms with Crippen LogP contribution < -0.4 is 10.1 Å². The standard InChI is InChI=1S/C18H30N2O/c1-13(2)17-11-19-18(4,5)12-20(17)14(3)15-7-9-16(21-6)10-8-15/h7-10,13-14,17,19H,11-12H2,1-6H3. The van der Waals surface area contributed by atoms with Crippen molar-refractivity contribution in [1.82, 2.24) is 10.2 Å². The zero-order valence-electron chi connectivity index (χ0n) is 14.3. The molecule has 0 aliphatic carbocycles. The Bertz CT molecular complexity index is 453. The van der Waals surface area contributed by atoms with Gasteiger partial charge in [0.15, 0.2) is 0 Å². The van der Waals surface area contributed by atoms with Crippen LogP contribution in [0.15, 0.2) is 24.3 Å². The second kappa shape index (κ2) is 6.37. The van der Waals surface area contributed by atoms with Crippen molar-refractivity contribution in [1.29, 1.82) is 0 Å². The van der Waals surface area contributed by atoms with Crippen molar-refractivity contribution in [2.75, 3.05) is 20.2 Å². The van der Waals surface area contributed by atoms with Crippen LogP contribution in [0.4, 0.5) is 0 Å². The lowest BCUT2D eigenvalue weighted by Gasteiger charge is -2.49. The van der Waals surface area contributed by atoms with Crippen LogP contribution in [0.5, 0.6) is 5.75 Å². The molecule has 1 aromatic rings. The zero-order chi connectivity index (χ0) is 15.6. The van der Waals surface area contributed by atoms with Gasteiger partial charge in [-0.25, -0.2) is 0 Å². The fraction of sp³-hybridized carbons (Fsp3) is 0.667. The molecule has 1 saturated heterocycles. The minimum absolute atomic E-state index is 0.173. The molecule has 2 atom stereocenters. The highest BCUT2D eigenvalue weighted by molar-refractivity contribution is 5.29. The van der Waals surface area contributed by atoms with Gasteiger partial charge in [-0.05, 0) is 44.4 Å². The molecule has 2 rings (SSSR count). The summed E-state index contributed by atoms with van der Waals surface area (Å²) in [5, 5.41) is 3.68. The maximum Gasteiger partial charge on any atom is 0.118 e. The largest absolute Gasteiger partial charge is 0.497 e. The van der Waals surface area contributed by atoms with Crippen LogP contribution in [0, 0.1) is 5.92 Å². The summed E-state index contributed by atoms with van der Waals surface area (Å²) in [5.74, 6) is 1.57. The number of hydrogen-bond acceptors (Lipinski definition) is 3. The van der Waals surface area contributed by atoms with Gasteiger partial charge in [0.1, 0.15) is 5.75 Å². The first-order valence-electron chi connectivity index (χ1n) is 7.99. The number of ether oxygens (including phenoxy) is 1. The Kier molecular flexibility index (Phi) is 4.95. The van der Waals surface area contributed by atoms with Crippen molar-refractivity contribution in [2.45, 2.75) is 52.2 Å². The summed E-state index contributed by atoms with van der Waals surface area (Å²) in [6.45, 7) is 13.7. The molecule has 0 bridgehead atoms. The Labute approximate surface area is 129 Å². The molecule has 0 saturated carbocycles. The number of benzene rings is 1. The molecule has 1 heterocycles. The normalized spacial score (nSPS) is 24.0. The smallest absolute Gasteiger partial charge is 0.118 e. The quantitative estimate of drug-likeness (QED) is 0.919. The fourth-order valence-corrected chi connectivity index (χ4v) is 3.24. The van der Waals surface area contributed by atoms with E-state index in [2.05, 4.69) is 69.1 Å². The molecule has 2 unspecified atom stereocenters. The lowest BCUT2D eigenvalue weighted by molar-refractivity contribution is 0.0370. The molecule has 3 heteroatoms. The minimum atomic E-state index is 0.173. The van der Waals surface area contributed by atoms with E-state index in [0.29, 0.717) is 18.0 Å². The number of rotatable bonds is 4. The van der Waals surface area contributed by atoms with Gasteiger partial charge in [-0.2, -0.15) is 0 Å². The second-order valence-electron chi connectivity index (χ2n) is 7.20. The summed E-state index contributed by atoms with van der Waals surface area (Å²) < 4.78 is 5.26. The number of hydrogen-bond donors (Lipinski definition) is 1. The van der Waals surface area contributed by atoms with Crippen LogP contribution in [0.1, 0.15) is 46.2 Å². The van der Waals surface area contributed by atoms with Crippen molar-refractivity contribution < 1.29 is 4.74 Å². The van der Waals surface area contributed by atoms with Crippen LogP contribution >= 0.6 is 0 Å². The summed E-state index contributed by atoms with van der Waals surface area (Å²) in [7, 11) is 1.71. The van der Waals surface area contributed by atoms with Crippen LogP contribution in [-0.2, 0) is 0 Å².